The van der Waals surface area contributed by atoms with Crippen LogP contribution >= 0.6 is 11.3 Å². The topological polar surface area (TPSA) is 77.5 Å². The Kier molecular flexibility index (Phi) is 7.35. The first-order valence-corrected chi connectivity index (χ1v) is 9.10. The average molecular weight is 374 g/mol. The molecule has 0 aliphatic heterocycles. The predicted octanol–water partition coefficient (Wildman–Crippen LogP) is 3.28. The van der Waals surface area contributed by atoms with Gasteiger partial charge in [-0.05, 0) is 37.6 Å². The minimum Gasteiger partial charge on any atom is -0.497 e. The maximum atomic E-state index is 12.3. The highest BCUT2D eigenvalue weighted by Gasteiger charge is 2.19. The summed E-state index contributed by atoms with van der Waals surface area (Å²) in [6.07, 6.45) is 3.09. The molecule has 0 saturated carbocycles. The number of esters is 1. The summed E-state index contributed by atoms with van der Waals surface area (Å²) in [5.41, 5.74) is 1.50. The van der Waals surface area contributed by atoms with Crippen LogP contribution in [-0.4, -0.2) is 30.6 Å². The van der Waals surface area contributed by atoms with Crippen molar-refractivity contribution in [3.8, 4) is 5.75 Å². The Balaban J connectivity index is 2.13. The first kappa shape index (κ1) is 19.7. The maximum absolute atomic E-state index is 12.3. The van der Waals surface area contributed by atoms with Crippen molar-refractivity contribution in [2.45, 2.75) is 26.3 Å². The van der Waals surface area contributed by atoms with Crippen molar-refractivity contribution in [1.29, 1.82) is 0 Å². The van der Waals surface area contributed by atoms with E-state index in [9.17, 15) is 9.59 Å². The van der Waals surface area contributed by atoms with Crippen LogP contribution in [0, 0.1) is 6.92 Å². The summed E-state index contributed by atoms with van der Waals surface area (Å²) in [6.45, 7) is 3.94. The summed E-state index contributed by atoms with van der Waals surface area (Å²) < 4.78 is 10.2. The van der Waals surface area contributed by atoms with Crippen LogP contribution in [0.15, 0.2) is 35.7 Å². The number of carbonyl (C=O) groups excluding carboxylic acids is 2. The minimum absolute atomic E-state index is 0.0381. The van der Waals surface area contributed by atoms with Crippen molar-refractivity contribution in [2.75, 3.05) is 13.7 Å². The van der Waals surface area contributed by atoms with Crippen molar-refractivity contribution >= 4 is 29.3 Å². The Bertz CT molecular complexity index is 785. The molecule has 1 atom stereocenters. The fourth-order valence-corrected chi connectivity index (χ4v) is 2.92. The van der Waals surface area contributed by atoms with E-state index in [2.05, 4.69) is 10.3 Å². The molecule has 1 amide bonds. The number of thiazole rings is 1. The molecule has 0 aliphatic rings. The third-order valence-corrected chi connectivity index (χ3v) is 4.32. The van der Waals surface area contributed by atoms with Gasteiger partial charge < -0.3 is 14.8 Å². The Morgan fingerprint density at radius 3 is 2.85 bits per heavy atom. The number of hydrogen-bond donors (Lipinski definition) is 1. The van der Waals surface area contributed by atoms with Crippen LogP contribution in [0.3, 0.4) is 0 Å². The minimum atomic E-state index is -0.515. The van der Waals surface area contributed by atoms with Gasteiger partial charge in [-0.15, -0.1) is 11.3 Å². The first-order valence-electron chi connectivity index (χ1n) is 8.22. The van der Waals surface area contributed by atoms with E-state index >= 15 is 0 Å². The van der Waals surface area contributed by atoms with E-state index in [1.54, 1.807) is 32.2 Å². The lowest BCUT2D eigenvalue weighted by molar-refractivity contribution is -0.143. The number of methoxy groups -OCH3 is 1. The number of amides is 1. The summed E-state index contributed by atoms with van der Waals surface area (Å²) in [5, 5.41) is 5.65. The molecule has 0 bridgehead atoms. The van der Waals surface area contributed by atoms with Gasteiger partial charge in [0.25, 0.3) is 0 Å². The highest BCUT2D eigenvalue weighted by molar-refractivity contribution is 7.09. The van der Waals surface area contributed by atoms with E-state index in [1.807, 2.05) is 24.4 Å². The van der Waals surface area contributed by atoms with Crippen LogP contribution in [0.25, 0.3) is 6.08 Å². The zero-order chi connectivity index (χ0) is 18.9. The molecule has 0 aliphatic carbocycles. The van der Waals surface area contributed by atoms with Gasteiger partial charge in [-0.3, -0.25) is 9.59 Å². The number of rotatable bonds is 8. The lowest BCUT2D eigenvalue weighted by Crippen LogP contribution is -2.29. The third-order valence-electron chi connectivity index (χ3n) is 3.53. The number of hydrogen-bond acceptors (Lipinski definition) is 6. The molecule has 7 heteroatoms. The highest BCUT2D eigenvalue weighted by Crippen LogP contribution is 2.22. The molecule has 0 spiro atoms. The Morgan fingerprint density at radius 1 is 1.38 bits per heavy atom. The van der Waals surface area contributed by atoms with Crippen molar-refractivity contribution in [3.63, 3.8) is 0 Å². The van der Waals surface area contributed by atoms with Gasteiger partial charge in [0.15, 0.2) is 0 Å². The van der Waals surface area contributed by atoms with Crippen molar-refractivity contribution < 1.29 is 19.1 Å². The fraction of sp³-hybridized carbons (Fsp3) is 0.316. The monoisotopic (exact) mass is 374 g/mol. The van der Waals surface area contributed by atoms with Crippen molar-refractivity contribution in [1.82, 2.24) is 10.3 Å². The number of nitrogens with one attached hydrogen (secondary N) is 1. The number of aromatic nitrogens is 1. The number of ether oxygens (including phenoxy) is 2. The number of carbonyl (C=O) groups is 2. The largest absolute Gasteiger partial charge is 0.497 e. The molecule has 0 radical (unpaired) electrons. The molecular formula is C19H22N2O4S. The van der Waals surface area contributed by atoms with E-state index in [0.29, 0.717) is 12.4 Å². The normalized spacial score (nSPS) is 12.0. The molecule has 1 unspecified atom stereocenters. The Labute approximate surface area is 156 Å². The van der Waals surface area contributed by atoms with Gasteiger partial charge >= 0.3 is 5.97 Å². The maximum Gasteiger partial charge on any atom is 0.308 e. The SMILES string of the molecule is CCOC(=O)CC(NC(=O)/C=C/c1csc(C)n1)c1cccc(OC)c1. The predicted molar refractivity (Wildman–Crippen MR) is 101 cm³/mol. The molecule has 1 aromatic carbocycles. The average Bonchev–Trinajstić information content (AvgIpc) is 3.05. The van der Waals surface area contributed by atoms with E-state index in [-0.39, 0.29) is 18.3 Å². The standard InChI is InChI=1S/C19H22N2O4S/c1-4-25-19(23)11-17(14-6-5-7-16(10-14)24-3)21-18(22)9-8-15-12-26-13(2)20-15/h5-10,12,17H,4,11H2,1-3H3,(H,21,22)/b9-8+. The smallest absolute Gasteiger partial charge is 0.308 e. The van der Waals surface area contributed by atoms with Gasteiger partial charge in [-0.25, -0.2) is 4.98 Å². The second-order valence-corrected chi connectivity index (χ2v) is 6.53. The van der Waals surface area contributed by atoms with E-state index in [1.165, 1.54) is 17.4 Å². The summed E-state index contributed by atoms with van der Waals surface area (Å²) in [4.78, 5) is 28.5. The van der Waals surface area contributed by atoms with Crippen LogP contribution in [0.4, 0.5) is 0 Å². The second kappa shape index (κ2) is 9.72. The van der Waals surface area contributed by atoms with Gasteiger partial charge in [-0.2, -0.15) is 0 Å². The lowest BCUT2D eigenvalue weighted by atomic mass is 10.0. The molecule has 0 fully saturated rings. The molecule has 0 saturated heterocycles. The van der Waals surface area contributed by atoms with E-state index < -0.39 is 6.04 Å². The van der Waals surface area contributed by atoms with Gasteiger partial charge in [0.1, 0.15) is 5.75 Å². The van der Waals surface area contributed by atoms with Gasteiger partial charge in [0.2, 0.25) is 5.91 Å². The summed E-state index contributed by atoms with van der Waals surface area (Å²) >= 11 is 1.52. The van der Waals surface area contributed by atoms with Crippen LogP contribution in [0.5, 0.6) is 5.75 Å². The Hall–Kier alpha value is -2.67. The van der Waals surface area contributed by atoms with E-state index in [0.717, 1.165) is 16.3 Å². The van der Waals surface area contributed by atoms with E-state index in [4.69, 9.17) is 9.47 Å². The summed E-state index contributed by atoms with van der Waals surface area (Å²) in [6, 6.07) is 6.72. The highest BCUT2D eigenvalue weighted by atomic mass is 32.1. The Morgan fingerprint density at radius 2 is 2.19 bits per heavy atom. The van der Waals surface area contributed by atoms with Crippen LogP contribution in [0.2, 0.25) is 0 Å². The molecule has 138 valence electrons. The molecule has 1 heterocycles. The first-order chi connectivity index (χ1) is 12.5. The zero-order valence-electron chi connectivity index (χ0n) is 15.0. The van der Waals surface area contributed by atoms with Crippen molar-refractivity contribution in [3.05, 3.63) is 52.0 Å². The van der Waals surface area contributed by atoms with Gasteiger partial charge in [0.05, 0.1) is 36.9 Å². The lowest BCUT2D eigenvalue weighted by Gasteiger charge is -2.18. The van der Waals surface area contributed by atoms with Crippen LogP contribution in [-0.2, 0) is 14.3 Å². The molecule has 1 aromatic heterocycles. The molecule has 1 N–H and O–H groups in total. The second-order valence-electron chi connectivity index (χ2n) is 5.47. The van der Waals surface area contributed by atoms with Crippen LogP contribution in [0.1, 0.15) is 35.7 Å². The van der Waals surface area contributed by atoms with Crippen LogP contribution < -0.4 is 10.1 Å². The van der Waals surface area contributed by atoms with Gasteiger partial charge in [-0.1, -0.05) is 12.1 Å². The number of aryl methyl sites for hydroxylation is 1. The number of nitrogens with zero attached hydrogens (tertiary/aromatic N) is 1. The molecule has 6 nitrogen and oxygen atoms in total. The summed E-state index contributed by atoms with van der Waals surface area (Å²) in [7, 11) is 1.57. The molecule has 2 rings (SSSR count). The molecule has 2 aromatic rings. The fourth-order valence-electron chi connectivity index (χ4n) is 2.33. The molecular weight excluding hydrogens is 352 g/mol. The quantitative estimate of drug-likeness (QED) is 0.567. The molecule has 26 heavy (non-hydrogen) atoms. The zero-order valence-corrected chi connectivity index (χ0v) is 15.8. The van der Waals surface area contributed by atoms with Gasteiger partial charge in [0, 0.05) is 11.5 Å². The number of benzene rings is 1. The van der Waals surface area contributed by atoms with Crippen molar-refractivity contribution in [2.24, 2.45) is 0 Å². The third kappa shape index (κ3) is 6.00. The summed E-state index contributed by atoms with van der Waals surface area (Å²) in [5.74, 6) is -0.0356.